The fourth-order valence-corrected chi connectivity index (χ4v) is 4.19. The molecule has 1 aliphatic rings. The second-order valence-corrected chi connectivity index (χ2v) is 6.93. The van der Waals surface area contributed by atoms with E-state index in [1.165, 1.54) is 21.6 Å². The molecule has 0 atom stereocenters. The Kier molecular flexibility index (Phi) is 5.89. The lowest BCUT2D eigenvalue weighted by Gasteiger charge is -2.27. The molecule has 0 unspecified atom stereocenters. The Morgan fingerprint density at radius 1 is 1.50 bits per heavy atom. The largest absolute Gasteiger partial charge is 0.373 e. The van der Waals surface area contributed by atoms with E-state index in [4.69, 9.17) is 24.4 Å². The maximum absolute atomic E-state index is 5.30. The summed E-state index contributed by atoms with van der Waals surface area (Å²) in [6.45, 7) is 1.10. The molecule has 0 aromatic heterocycles. The van der Waals surface area contributed by atoms with Crippen molar-refractivity contribution in [2.24, 2.45) is 0 Å². The van der Waals surface area contributed by atoms with E-state index in [-0.39, 0.29) is 0 Å². The highest BCUT2D eigenvalue weighted by molar-refractivity contribution is 8.04. The topological polar surface area (TPSA) is 15.3 Å². The fourth-order valence-electron chi connectivity index (χ4n) is 1.96. The van der Waals surface area contributed by atoms with Gasteiger partial charge in [0, 0.05) is 29.1 Å². The van der Waals surface area contributed by atoms with Gasteiger partial charge in [-0.15, -0.1) is 23.5 Å². The summed E-state index contributed by atoms with van der Waals surface area (Å²) in [7, 11) is 2.14. The zero-order chi connectivity index (χ0) is 14.5. The summed E-state index contributed by atoms with van der Waals surface area (Å²) in [5.41, 5.74) is 3.93. The summed E-state index contributed by atoms with van der Waals surface area (Å²) in [4.78, 5) is 5.33. The van der Waals surface area contributed by atoms with Crippen molar-refractivity contribution < 1.29 is 0 Å². The molecule has 0 saturated heterocycles. The van der Waals surface area contributed by atoms with Gasteiger partial charge in [-0.2, -0.15) is 0 Å². The molecular weight excluding hydrogens is 324 g/mol. The molecule has 6 heteroatoms. The molecule has 0 bridgehead atoms. The molecule has 0 saturated carbocycles. The Labute approximate surface area is 139 Å². The number of nitrogens with one attached hydrogen (secondary N) is 1. The third-order valence-corrected chi connectivity index (χ3v) is 5.38. The number of anilines is 1. The first-order valence-corrected chi connectivity index (χ1v) is 9.23. The third kappa shape index (κ3) is 3.75. The van der Waals surface area contributed by atoms with E-state index in [2.05, 4.69) is 41.5 Å². The van der Waals surface area contributed by atoms with Gasteiger partial charge in [-0.25, -0.2) is 0 Å². The average molecular weight is 341 g/mol. The van der Waals surface area contributed by atoms with Crippen molar-refractivity contribution in [3.63, 3.8) is 0 Å². The molecule has 1 aromatic rings. The van der Waals surface area contributed by atoms with Gasteiger partial charge in [-0.05, 0) is 30.0 Å². The monoisotopic (exact) mass is 340 g/mol. The van der Waals surface area contributed by atoms with E-state index >= 15 is 0 Å². The molecule has 0 radical (unpaired) electrons. The Morgan fingerprint density at radius 2 is 2.30 bits per heavy atom. The van der Waals surface area contributed by atoms with Crippen LogP contribution in [-0.4, -0.2) is 36.1 Å². The minimum absolute atomic E-state index is 0.676. The predicted molar refractivity (Wildman–Crippen MR) is 101 cm³/mol. The Hall–Kier alpha value is -0.560. The standard InChI is InChI=1S/C14H16N2S4/c1-16-5-6-20-12-7-10(3-4-11(12)16)8-13(19-2)14(18)15-9-17/h3-4,7-9H,5-6H2,1-2H3,(H,15,17,18)/b13-8-. The van der Waals surface area contributed by atoms with Crippen molar-refractivity contribution in [3.8, 4) is 0 Å². The summed E-state index contributed by atoms with van der Waals surface area (Å²) in [6.07, 6.45) is 4.12. The van der Waals surface area contributed by atoms with Crippen LogP contribution in [-0.2, 0) is 0 Å². The van der Waals surface area contributed by atoms with Crippen LogP contribution in [0, 0.1) is 0 Å². The molecule has 2 rings (SSSR count). The number of thioether (sulfide) groups is 2. The molecule has 2 nitrogen and oxygen atoms in total. The van der Waals surface area contributed by atoms with Gasteiger partial charge in [0.1, 0.15) is 4.99 Å². The first kappa shape index (κ1) is 15.8. The van der Waals surface area contributed by atoms with Crippen molar-refractivity contribution in [1.29, 1.82) is 0 Å². The Balaban J connectivity index is 2.29. The highest BCUT2D eigenvalue weighted by Crippen LogP contribution is 2.35. The fraction of sp³-hybridized carbons (Fsp3) is 0.286. The van der Waals surface area contributed by atoms with E-state index in [9.17, 15) is 0 Å². The smallest absolute Gasteiger partial charge is 0.117 e. The number of benzene rings is 1. The minimum Gasteiger partial charge on any atom is -0.373 e. The van der Waals surface area contributed by atoms with Crippen LogP contribution in [0.3, 0.4) is 0 Å². The summed E-state index contributed by atoms with van der Waals surface area (Å²) in [5, 5.41) is 2.90. The van der Waals surface area contributed by atoms with Crippen molar-refractivity contribution in [2.45, 2.75) is 4.90 Å². The van der Waals surface area contributed by atoms with Gasteiger partial charge >= 0.3 is 0 Å². The first-order chi connectivity index (χ1) is 9.65. The second-order valence-electron chi connectivity index (χ2n) is 4.30. The molecule has 1 aliphatic heterocycles. The van der Waals surface area contributed by atoms with Crippen LogP contribution < -0.4 is 10.2 Å². The van der Waals surface area contributed by atoms with E-state index in [1.54, 1.807) is 11.8 Å². The molecular formula is C14H16N2S4. The van der Waals surface area contributed by atoms with Gasteiger partial charge in [-0.1, -0.05) is 30.5 Å². The third-order valence-electron chi connectivity index (χ3n) is 3.01. The van der Waals surface area contributed by atoms with Crippen molar-refractivity contribution in [3.05, 3.63) is 28.7 Å². The van der Waals surface area contributed by atoms with Gasteiger partial charge in [0.25, 0.3) is 0 Å². The van der Waals surface area contributed by atoms with Gasteiger partial charge in [0.05, 0.1) is 11.2 Å². The molecule has 0 amide bonds. The molecule has 1 heterocycles. The van der Waals surface area contributed by atoms with Gasteiger partial charge in [0.15, 0.2) is 0 Å². The molecule has 0 spiro atoms. The van der Waals surface area contributed by atoms with Crippen molar-refractivity contribution >= 4 is 70.2 Å². The lowest BCUT2D eigenvalue weighted by Crippen LogP contribution is -2.24. The quantitative estimate of drug-likeness (QED) is 0.657. The van der Waals surface area contributed by atoms with Gasteiger partial charge in [0.2, 0.25) is 0 Å². The highest BCUT2D eigenvalue weighted by atomic mass is 32.2. The van der Waals surface area contributed by atoms with E-state index in [0.717, 1.165) is 17.2 Å². The van der Waals surface area contributed by atoms with Gasteiger partial charge < -0.3 is 10.2 Å². The van der Waals surface area contributed by atoms with E-state index in [1.807, 2.05) is 18.0 Å². The maximum Gasteiger partial charge on any atom is 0.117 e. The molecule has 1 aromatic carbocycles. The summed E-state index contributed by atoms with van der Waals surface area (Å²) in [5.74, 6) is 1.14. The normalized spacial score (nSPS) is 14.7. The van der Waals surface area contributed by atoms with Crippen LogP contribution in [0.2, 0.25) is 0 Å². The number of fused-ring (bicyclic) bond motifs is 1. The number of hydrogen-bond acceptors (Lipinski definition) is 5. The Bertz CT molecular complexity index is 554. The molecule has 0 fully saturated rings. The van der Waals surface area contributed by atoms with Crippen LogP contribution in [0.15, 0.2) is 28.0 Å². The average Bonchev–Trinajstić information content (AvgIpc) is 2.45. The summed E-state index contributed by atoms with van der Waals surface area (Å²) in [6, 6.07) is 6.55. The second kappa shape index (κ2) is 7.45. The van der Waals surface area contributed by atoms with Crippen LogP contribution >= 0.6 is 48.0 Å². The molecule has 1 N–H and O–H groups in total. The first-order valence-electron chi connectivity index (χ1n) is 6.14. The minimum atomic E-state index is 0.676. The zero-order valence-corrected chi connectivity index (χ0v) is 14.6. The van der Waals surface area contributed by atoms with E-state index in [0.29, 0.717) is 4.99 Å². The van der Waals surface area contributed by atoms with Crippen LogP contribution in [0.25, 0.3) is 6.08 Å². The lowest BCUT2D eigenvalue weighted by atomic mass is 10.1. The highest BCUT2D eigenvalue weighted by Gasteiger charge is 2.14. The summed E-state index contributed by atoms with van der Waals surface area (Å²) < 4.78 is 0. The molecule has 106 valence electrons. The van der Waals surface area contributed by atoms with Crippen molar-refractivity contribution in [1.82, 2.24) is 5.32 Å². The number of thiocarbonyl (C=S) groups is 2. The van der Waals surface area contributed by atoms with Crippen LogP contribution in [0.1, 0.15) is 5.56 Å². The Morgan fingerprint density at radius 3 is 3.00 bits per heavy atom. The van der Waals surface area contributed by atoms with E-state index < -0.39 is 0 Å². The molecule has 20 heavy (non-hydrogen) atoms. The number of rotatable bonds is 4. The molecule has 0 aliphatic carbocycles. The SMILES string of the molecule is CS/C(=C\c1ccc2c(c1)SCCN2C)C(=S)NC=S. The number of nitrogens with zero attached hydrogens (tertiary/aromatic N) is 1. The zero-order valence-electron chi connectivity index (χ0n) is 11.4. The van der Waals surface area contributed by atoms with Gasteiger partial charge in [-0.3, -0.25) is 0 Å². The van der Waals surface area contributed by atoms with Crippen LogP contribution in [0.5, 0.6) is 0 Å². The predicted octanol–water partition coefficient (Wildman–Crippen LogP) is 3.81. The maximum atomic E-state index is 5.30. The van der Waals surface area contributed by atoms with Crippen molar-refractivity contribution in [2.75, 3.05) is 30.5 Å². The summed E-state index contributed by atoms with van der Waals surface area (Å²) >= 11 is 13.6. The lowest BCUT2D eigenvalue weighted by molar-refractivity contribution is 0.943. The van der Waals surface area contributed by atoms with Crippen LogP contribution in [0.4, 0.5) is 5.69 Å². The number of hydrogen-bond donors (Lipinski definition) is 1.